The van der Waals surface area contributed by atoms with Crippen molar-refractivity contribution in [2.45, 2.75) is 197 Å². The van der Waals surface area contributed by atoms with Crippen LogP contribution in [0.3, 0.4) is 0 Å². The summed E-state index contributed by atoms with van der Waals surface area (Å²) < 4.78 is 1.14. The fourth-order valence-electron chi connectivity index (χ4n) is 17.5. The Labute approximate surface area is 417 Å². The van der Waals surface area contributed by atoms with E-state index in [0.717, 1.165) is 72.2 Å². The molecule has 7 heteroatoms. The van der Waals surface area contributed by atoms with E-state index in [1.54, 1.807) is 14.2 Å². The molecule has 376 valence electrons. The molecule has 0 radical (unpaired) electrons. The predicted octanol–water partition coefficient (Wildman–Crippen LogP) is 15.0. The Morgan fingerprint density at radius 3 is 1.39 bits per heavy atom. The number of hydroxylamine groups is 2. The van der Waals surface area contributed by atoms with Crippen molar-refractivity contribution in [3.63, 3.8) is 0 Å². The number of aryl methyl sites for hydroxylation is 2. The molecule has 8 fully saturated rings. The van der Waals surface area contributed by atoms with E-state index >= 15 is 0 Å². The lowest BCUT2D eigenvalue weighted by molar-refractivity contribution is -0.182. The van der Waals surface area contributed by atoms with Gasteiger partial charge in [0.15, 0.2) is 5.78 Å². The summed E-state index contributed by atoms with van der Waals surface area (Å²) in [4.78, 5) is 31.7. The van der Waals surface area contributed by atoms with Crippen LogP contribution in [0, 0.1) is 94.7 Å². The molecule has 2 aromatic rings. The van der Waals surface area contributed by atoms with Gasteiger partial charge in [-0.2, -0.15) is 0 Å². The lowest BCUT2D eigenvalue weighted by Gasteiger charge is -2.61. The molecule has 8 aliphatic rings. The van der Waals surface area contributed by atoms with Crippen molar-refractivity contribution < 1.29 is 24.6 Å². The monoisotopic (exact) mass is 988 g/mol. The summed E-state index contributed by atoms with van der Waals surface area (Å²) in [7, 11) is 3.34. The molecule has 67 heavy (non-hydrogen) atoms. The molecule has 0 bridgehead atoms. The molecule has 0 aromatic heterocycles. The zero-order valence-corrected chi connectivity index (χ0v) is 43.7. The summed E-state index contributed by atoms with van der Waals surface area (Å²) in [6.07, 6.45) is 20.8. The summed E-state index contributed by atoms with van der Waals surface area (Å²) in [5.74, 6) is 6.73. The average molecular weight is 989 g/mol. The molecular formula is C60H94BrNO5. The maximum atomic E-state index is 13.5. The summed E-state index contributed by atoms with van der Waals surface area (Å²) in [6, 6.07) is 16.5. The van der Waals surface area contributed by atoms with Gasteiger partial charge in [-0.3, -0.25) is 14.4 Å². The van der Waals surface area contributed by atoms with Crippen LogP contribution in [0.15, 0.2) is 53.0 Å². The van der Waals surface area contributed by atoms with Gasteiger partial charge >= 0.3 is 0 Å². The third-order valence-electron chi connectivity index (χ3n) is 21.5. The maximum Gasteiger partial charge on any atom is 0.249 e. The van der Waals surface area contributed by atoms with E-state index < -0.39 is 11.2 Å². The van der Waals surface area contributed by atoms with Crippen molar-refractivity contribution in [3.05, 3.63) is 69.7 Å². The zero-order valence-electron chi connectivity index (χ0n) is 42.1. The summed E-state index contributed by atoms with van der Waals surface area (Å²) in [5.41, 5.74) is 3.60. The summed E-state index contributed by atoms with van der Waals surface area (Å²) in [6.45, 7) is 18.2. The molecule has 8 aliphatic carbocycles. The molecule has 0 heterocycles. The van der Waals surface area contributed by atoms with Crippen molar-refractivity contribution in [2.24, 2.45) is 80.8 Å². The minimum atomic E-state index is -0.462. The normalized spacial score (nSPS) is 43.4. The van der Waals surface area contributed by atoms with E-state index in [4.69, 9.17) is 4.84 Å². The number of aliphatic hydroxyl groups is 2. The van der Waals surface area contributed by atoms with Crippen molar-refractivity contribution in [1.82, 2.24) is 5.06 Å². The van der Waals surface area contributed by atoms with E-state index in [1.807, 2.05) is 31.2 Å². The van der Waals surface area contributed by atoms with Crippen molar-refractivity contribution in [2.75, 3.05) is 14.2 Å². The highest BCUT2D eigenvalue weighted by Crippen LogP contribution is 2.70. The standard InChI is InChI=1S/C28H40O2.C23H39NO3.C7H7Br.2CH4/c1-18-5-7-19(8-6-18)25(29)24-12-11-22-21-10-9-20-17-26(2,30)15-16-27(20,3)23(21)13-14-28(22,24)4;1-21(26)12-13-22(2)15(14-21)6-7-16-17-8-9-19(20(25)24(4)27-5)23(17,3)11-10-18(16)22;1-6-2-4-7(8)5-3-6;;/h5-8,20-24,30H,9-17H2,1-4H3;15-19,26H,6-14H2,1-5H3;2-5H,1H3;2*1H4/t20-,21+,22+,23+,24-,26-,27+,28+;15-,16+,17+,18+,19-,21-,22+,23+;;;/m11.../s1. The van der Waals surface area contributed by atoms with Crippen molar-refractivity contribution in [1.29, 1.82) is 0 Å². The topological polar surface area (TPSA) is 87.1 Å². The Morgan fingerprint density at radius 2 is 0.955 bits per heavy atom. The number of halogens is 1. The fraction of sp³-hybridized carbons (Fsp3) is 0.767. The Bertz CT molecular complexity index is 1990. The van der Waals surface area contributed by atoms with Crippen LogP contribution in [0.2, 0.25) is 0 Å². The molecule has 2 N–H and O–H groups in total. The first-order valence-corrected chi connectivity index (χ1v) is 26.9. The minimum absolute atomic E-state index is 0. The number of hydrogen-bond acceptors (Lipinski definition) is 5. The van der Waals surface area contributed by atoms with Gasteiger partial charge in [0.05, 0.1) is 18.3 Å². The van der Waals surface area contributed by atoms with Crippen LogP contribution in [0.25, 0.3) is 0 Å². The quantitative estimate of drug-likeness (QED) is 0.235. The lowest BCUT2D eigenvalue weighted by Crippen LogP contribution is -2.56. The fourth-order valence-corrected chi connectivity index (χ4v) is 17.7. The highest BCUT2D eigenvalue weighted by atomic mass is 79.9. The van der Waals surface area contributed by atoms with Crippen LogP contribution >= 0.6 is 15.9 Å². The SMILES string of the molecule is C.C.CON(C)C(=O)[C@H]1CC[C@H]2[C@@H]3CC[C@@H]4C[C@](C)(O)CC[C@]4(C)[C@H]3CC[C@]12C.Cc1ccc(Br)cc1.Cc1ccc(C(=O)[C@H]2CC[C@H]3[C@@H]4CC[C@@H]5C[C@](C)(O)CC[C@]5(C)[C@H]4CC[C@]23C)cc1. The largest absolute Gasteiger partial charge is 0.390 e. The molecule has 0 unspecified atom stereocenters. The number of amides is 1. The average Bonchev–Trinajstić information content (AvgIpc) is 3.82. The molecule has 2 aromatic carbocycles. The second-order valence-electron chi connectivity index (χ2n) is 25.1. The Kier molecular flexibility index (Phi) is 16.4. The summed E-state index contributed by atoms with van der Waals surface area (Å²) in [5, 5.41) is 22.8. The van der Waals surface area contributed by atoms with E-state index in [1.165, 1.54) is 93.2 Å². The number of fused-ring (bicyclic) bond motifs is 10. The number of carbonyl (C=O) groups is 2. The van der Waals surface area contributed by atoms with Crippen molar-refractivity contribution >= 4 is 27.6 Å². The molecule has 0 aliphatic heterocycles. The molecule has 1 amide bonds. The molecule has 8 saturated carbocycles. The van der Waals surface area contributed by atoms with Crippen LogP contribution < -0.4 is 0 Å². The highest BCUT2D eigenvalue weighted by Gasteiger charge is 2.64. The third kappa shape index (κ3) is 10.1. The molecule has 6 nitrogen and oxygen atoms in total. The number of benzene rings is 2. The van der Waals surface area contributed by atoms with Gasteiger partial charge in [-0.05, 0) is 224 Å². The van der Waals surface area contributed by atoms with Gasteiger partial charge in [0.25, 0.3) is 0 Å². The first-order valence-electron chi connectivity index (χ1n) is 26.1. The first kappa shape index (κ1) is 54.3. The number of nitrogens with zero attached hydrogens (tertiary/aromatic N) is 1. The zero-order chi connectivity index (χ0) is 46.9. The Morgan fingerprint density at radius 1 is 0.552 bits per heavy atom. The molecule has 16 atom stereocenters. The van der Waals surface area contributed by atoms with Gasteiger partial charge in [0, 0.05) is 28.9 Å². The van der Waals surface area contributed by atoms with Crippen molar-refractivity contribution in [3.8, 4) is 0 Å². The van der Waals surface area contributed by atoms with E-state index in [-0.39, 0.29) is 43.4 Å². The van der Waals surface area contributed by atoms with Crippen LogP contribution in [-0.2, 0) is 9.63 Å². The second-order valence-corrected chi connectivity index (χ2v) is 26.0. The van der Waals surface area contributed by atoms with Gasteiger partial charge < -0.3 is 10.2 Å². The number of carbonyl (C=O) groups excluding carboxylic acids is 2. The molecular weight excluding hydrogens is 895 g/mol. The lowest BCUT2D eigenvalue weighted by atomic mass is 9.44. The number of rotatable bonds is 4. The second kappa shape index (κ2) is 20.2. The Hall–Kier alpha value is -2.06. The van der Waals surface area contributed by atoms with Crippen LogP contribution in [0.4, 0.5) is 0 Å². The van der Waals surface area contributed by atoms with E-state index in [9.17, 15) is 19.8 Å². The third-order valence-corrected chi connectivity index (χ3v) is 22.0. The number of Topliss-reactive ketones (excluding diaryl/α,β-unsaturated/α-hetero) is 1. The number of hydrogen-bond donors (Lipinski definition) is 2. The molecule has 0 saturated heterocycles. The van der Waals surface area contributed by atoms with Crippen LogP contribution in [-0.4, -0.2) is 52.3 Å². The highest BCUT2D eigenvalue weighted by molar-refractivity contribution is 9.10. The predicted molar refractivity (Wildman–Crippen MR) is 279 cm³/mol. The summed E-state index contributed by atoms with van der Waals surface area (Å²) >= 11 is 3.35. The van der Waals surface area contributed by atoms with E-state index in [2.05, 4.69) is 88.7 Å². The van der Waals surface area contributed by atoms with Gasteiger partial charge in [-0.1, -0.05) is 106 Å². The van der Waals surface area contributed by atoms with E-state index in [0.29, 0.717) is 40.3 Å². The molecule has 0 spiro atoms. The van der Waals surface area contributed by atoms with Gasteiger partial charge in [-0.15, -0.1) is 0 Å². The van der Waals surface area contributed by atoms with Gasteiger partial charge in [0.2, 0.25) is 5.91 Å². The van der Waals surface area contributed by atoms with Crippen LogP contribution in [0.1, 0.15) is 193 Å². The first-order chi connectivity index (χ1) is 30.5. The number of ketones is 1. The van der Waals surface area contributed by atoms with Crippen LogP contribution in [0.5, 0.6) is 0 Å². The molecule has 10 rings (SSSR count). The Balaban J connectivity index is 0.000000186. The maximum absolute atomic E-state index is 13.5. The minimum Gasteiger partial charge on any atom is -0.390 e. The van der Waals surface area contributed by atoms with Gasteiger partial charge in [0.1, 0.15) is 0 Å². The smallest absolute Gasteiger partial charge is 0.249 e. The van der Waals surface area contributed by atoms with Gasteiger partial charge in [-0.25, -0.2) is 5.06 Å².